The van der Waals surface area contributed by atoms with E-state index in [0.717, 1.165) is 23.5 Å². The molecule has 0 heterocycles. The second-order valence-electron chi connectivity index (χ2n) is 3.59. The first-order chi connectivity index (χ1) is 7.65. The Bertz CT molecular complexity index is 355. The van der Waals surface area contributed by atoms with E-state index >= 15 is 0 Å². The van der Waals surface area contributed by atoms with Crippen LogP contribution in [-0.4, -0.2) is 17.7 Å². The Morgan fingerprint density at radius 3 is 2.81 bits per heavy atom. The number of carbonyl (C=O) groups excluding carboxylic acids is 1. The molecule has 3 N–H and O–H groups in total. The van der Waals surface area contributed by atoms with Crippen LogP contribution in [0.3, 0.4) is 0 Å². The van der Waals surface area contributed by atoms with Crippen LogP contribution in [0, 0.1) is 0 Å². The summed E-state index contributed by atoms with van der Waals surface area (Å²) in [5.74, 6) is 0.0649. The minimum atomic E-state index is -0.115. The van der Waals surface area contributed by atoms with E-state index in [9.17, 15) is 4.79 Å². The highest BCUT2D eigenvalue weighted by Crippen LogP contribution is 2.28. The van der Waals surface area contributed by atoms with Gasteiger partial charge in [-0.15, -0.1) is 11.8 Å². The maximum atomic E-state index is 11.6. The number of thioether (sulfide) groups is 1. The Labute approximate surface area is 101 Å². The number of hydrogen-bond donors (Lipinski definition) is 2. The van der Waals surface area contributed by atoms with E-state index < -0.39 is 0 Å². The molecular formula is C12H18N2OS. The van der Waals surface area contributed by atoms with Crippen molar-refractivity contribution in [3.63, 3.8) is 0 Å². The Balaban J connectivity index is 2.54. The molecule has 3 nitrogen and oxygen atoms in total. The lowest BCUT2D eigenvalue weighted by Gasteiger charge is -2.12. The van der Waals surface area contributed by atoms with Gasteiger partial charge in [0.15, 0.2) is 0 Å². The Morgan fingerprint density at radius 2 is 2.19 bits per heavy atom. The molecule has 16 heavy (non-hydrogen) atoms. The van der Waals surface area contributed by atoms with E-state index in [4.69, 9.17) is 5.73 Å². The van der Waals surface area contributed by atoms with Crippen molar-refractivity contribution in [1.29, 1.82) is 0 Å². The van der Waals surface area contributed by atoms with Gasteiger partial charge >= 0.3 is 0 Å². The van der Waals surface area contributed by atoms with Gasteiger partial charge in [0.25, 0.3) is 0 Å². The number of nitrogens with two attached hydrogens (primary N) is 1. The molecule has 1 amide bonds. The van der Waals surface area contributed by atoms with Gasteiger partial charge in [0.2, 0.25) is 5.91 Å². The third-order valence-electron chi connectivity index (χ3n) is 2.14. The molecule has 88 valence electrons. The number of hydrogen-bond acceptors (Lipinski definition) is 3. The number of amides is 1. The standard InChI is InChI=1S/C12H18N2OS/c1-3-8-14-12(15)9(2)16-11-7-5-4-6-10(11)13/h4-7,9H,3,8,13H2,1-2H3,(H,14,15). The highest BCUT2D eigenvalue weighted by Gasteiger charge is 2.14. The van der Waals surface area contributed by atoms with Crippen LogP contribution < -0.4 is 11.1 Å². The topological polar surface area (TPSA) is 55.1 Å². The number of nitrogen functional groups attached to an aromatic ring is 1. The van der Waals surface area contributed by atoms with E-state index in [1.807, 2.05) is 38.1 Å². The van der Waals surface area contributed by atoms with Crippen LogP contribution in [0.2, 0.25) is 0 Å². The van der Waals surface area contributed by atoms with Crippen molar-refractivity contribution >= 4 is 23.4 Å². The van der Waals surface area contributed by atoms with Crippen molar-refractivity contribution in [3.05, 3.63) is 24.3 Å². The molecule has 0 bridgehead atoms. The van der Waals surface area contributed by atoms with Crippen molar-refractivity contribution in [2.75, 3.05) is 12.3 Å². The van der Waals surface area contributed by atoms with Gasteiger partial charge < -0.3 is 11.1 Å². The maximum absolute atomic E-state index is 11.6. The van der Waals surface area contributed by atoms with Crippen molar-refractivity contribution in [1.82, 2.24) is 5.32 Å². The fraction of sp³-hybridized carbons (Fsp3) is 0.417. The summed E-state index contributed by atoms with van der Waals surface area (Å²) >= 11 is 1.49. The van der Waals surface area contributed by atoms with Gasteiger partial charge in [-0.1, -0.05) is 19.1 Å². The molecule has 0 aromatic heterocycles. The molecule has 0 aliphatic carbocycles. The second-order valence-corrected chi connectivity index (χ2v) is 4.97. The molecule has 1 aromatic rings. The van der Waals surface area contributed by atoms with Crippen molar-refractivity contribution in [3.8, 4) is 0 Å². The molecule has 1 atom stereocenters. The fourth-order valence-corrected chi connectivity index (χ4v) is 2.16. The molecular weight excluding hydrogens is 220 g/mol. The van der Waals surface area contributed by atoms with Crippen molar-refractivity contribution < 1.29 is 4.79 Å². The molecule has 4 heteroatoms. The zero-order valence-corrected chi connectivity index (χ0v) is 10.5. The molecule has 0 spiro atoms. The van der Waals surface area contributed by atoms with E-state index in [2.05, 4.69) is 5.32 Å². The monoisotopic (exact) mass is 238 g/mol. The Morgan fingerprint density at radius 1 is 1.50 bits per heavy atom. The molecule has 0 saturated heterocycles. The van der Waals surface area contributed by atoms with Crippen LogP contribution in [0.25, 0.3) is 0 Å². The Kier molecular flexibility index (Phi) is 5.19. The second kappa shape index (κ2) is 6.43. The zero-order chi connectivity index (χ0) is 12.0. The minimum absolute atomic E-state index is 0.0649. The highest BCUT2D eigenvalue weighted by molar-refractivity contribution is 8.00. The van der Waals surface area contributed by atoms with Gasteiger partial charge in [-0.25, -0.2) is 0 Å². The van der Waals surface area contributed by atoms with Crippen LogP contribution in [0.15, 0.2) is 29.2 Å². The van der Waals surface area contributed by atoms with Gasteiger partial charge in [0.05, 0.1) is 5.25 Å². The first kappa shape index (κ1) is 12.9. The smallest absolute Gasteiger partial charge is 0.233 e. The van der Waals surface area contributed by atoms with Crippen LogP contribution in [0.4, 0.5) is 5.69 Å². The minimum Gasteiger partial charge on any atom is -0.398 e. The molecule has 1 unspecified atom stereocenters. The average Bonchev–Trinajstić information content (AvgIpc) is 2.28. The Hall–Kier alpha value is -1.16. The number of benzene rings is 1. The third-order valence-corrected chi connectivity index (χ3v) is 3.33. The van der Waals surface area contributed by atoms with Gasteiger partial charge in [-0.05, 0) is 25.5 Å². The first-order valence-electron chi connectivity index (χ1n) is 5.44. The SMILES string of the molecule is CCCNC(=O)C(C)Sc1ccccc1N. The highest BCUT2D eigenvalue weighted by atomic mass is 32.2. The summed E-state index contributed by atoms with van der Waals surface area (Å²) in [7, 11) is 0. The first-order valence-corrected chi connectivity index (χ1v) is 6.32. The summed E-state index contributed by atoms with van der Waals surface area (Å²) < 4.78 is 0. The normalized spacial score (nSPS) is 12.1. The zero-order valence-electron chi connectivity index (χ0n) is 9.69. The number of anilines is 1. The lowest BCUT2D eigenvalue weighted by atomic mass is 10.3. The van der Waals surface area contributed by atoms with E-state index in [1.165, 1.54) is 11.8 Å². The van der Waals surface area contributed by atoms with Gasteiger partial charge in [0, 0.05) is 17.1 Å². The fourth-order valence-electron chi connectivity index (χ4n) is 1.22. The molecule has 0 aliphatic heterocycles. The largest absolute Gasteiger partial charge is 0.398 e. The molecule has 0 saturated carbocycles. The quantitative estimate of drug-likeness (QED) is 0.611. The van der Waals surface area contributed by atoms with Gasteiger partial charge in [-0.3, -0.25) is 4.79 Å². The maximum Gasteiger partial charge on any atom is 0.233 e. The molecule has 0 fully saturated rings. The summed E-state index contributed by atoms with van der Waals surface area (Å²) in [6.45, 7) is 4.66. The van der Waals surface area contributed by atoms with Crippen LogP contribution in [-0.2, 0) is 4.79 Å². The lowest BCUT2D eigenvalue weighted by Crippen LogP contribution is -2.31. The van der Waals surface area contributed by atoms with E-state index in [1.54, 1.807) is 0 Å². The van der Waals surface area contributed by atoms with Crippen molar-refractivity contribution in [2.24, 2.45) is 0 Å². The van der Waals surface area contributed by atoms with Crippen LogP contribution in [0.5, 0.6) is 0 Å². The number of para-hydroxylation sites is 1. The molecule has 0 aliphatic rings. The molecule has 1 rings (SSSR count). The van der Waals surface area contributed by atoms with E-state index in [0.29, 0.717) is 0 Å². The van der Waals surface area contributed by atoms with Crippen molar-refractivity contribution in [2.45, 2.75) is 30.4 Å². The predicted octanol–water partition coefficient (Wildman–Crippen LogP) is 2.28. The average molecular weight is 238 g/mol. The van der Waals surface area contributed by atoms with Crippen LogP contribution >= 0.6 is 11.8 Å². The number of rotatable bonds is 5. The third kappa shape index (κ3) is 3.77. The summed E-state index contributed by atoms with van der Waals surface area (Å²) in [5, 5.41) is 2.76. The summed E-state index contributed by atoms with van der Waals surface area (Å²) in [6, 6.07) is 7.60. The predicted molar refractivity (Wildman–Crippen MR) is 69.5 cm³/mol. The van der Waals surface area contributed by atoms with Crippen LogP contribution in [0.1, 0.15) is 20.3 Å². The number of nitrogens with one attached hydrogen (secondary N) is 1. The lowest BCUT2D eigenvalue weighted by molar-refractivity contribution is -0.120. The van der Waals surface area contributed by atoms with Gasteiger partial charge in [0.1, 0.15) is 0 Å². The molecule has 1 aromatic carbocycles. The van der Waals surface area contributed by atoms with Gasteiger partial charge in [-0.2, -0.15) is 0 Å². The molecule has 0 radical (unpaired) electrons. The number of carbonyl (C=O) groups is 1. The van der Waals surface area contributed by atoms with E-state index in [-0.39, 0.29) is 11.2 Å². The summed E-state index contributed by atoms with van der Waals surface area (Å²) in [4.78, 5) is 12.6. The summed E-state index contributed by atoms with van der Waals surface area (Å²) in [5.41, 5.74) is 6.54. The summed E-state index contributed by atoms with van der Waals surface area (Å²) in [6.07, 6.45) is 0.955.